The second-order valence-corrected chi connectivity index (χ2v) is 6.98. The summed E-state index contributed by atoms with van der Waals surface area (Å²) in [6.45, 7) is 1.03. The Hall–Kier alpha value is -2.86. The van der Waals surface area contributed by atoms with Gasteiger partial charge >= 0.3 is 6.03 Å². The van der Waals surface area contributed by atoms with Gasteiger partial charge in [-0.3, -0.25) is 15.0 Å². The standard InChI is InChI=1S/C22H27N3O3/c1-28-19-13-11-17(12-14-19)20-10-6-3-7-15-25(20)16-21(26)24-22(27)23-18-8-4-2-5-9-18/h2,4-5,8-9,11-14,20H,3,6-7,10,15-16H2,1H3,(H2,23,24,26,27)/t20-/m0/s1. The van der Waals surface area contributed by atoms with Crippen molar-refractivity contribution < 1.29 is 14.3 Å². The van der Waals surface area contributed by atoms with Gasteiger partial charge in [-0.15, -0.1) is 0 Å². The lowest BCUT2D eigenvalue weighted by Gasteiger charge is -2.29. The Morgan fingerprint density at radius 2 is 1.79 bits per heavy atom. The topological polar surface area (TPSA) is 70.7 Å². The highest BCUT2D eigenvalue weighted by Gasteiger charge is 2.25. The first kappa shape index (κ1) is 19.9. The molecule has 0 spiro atoms. The molecule has 1 aliphatic heterocycles. The SMILES string of the molecule is COc1ccc([C@@H]2CCCCCN2CC(=O)NC(=O)Nc2ccccc2)cc1. The van der Waals surface area contributed by atoms with E-state index in [4.69, 9.17) is 4.74 Å². The second kappa shape index (κ2) is 9.90. The van der Waals surface area contributed by atoms with Crippen molar-refractivity contribution in [2.24, 2.45) is 0 Å². The molecule has 28 heavy (non-hydrogen) atoms. The second-order valence-electron chi connectivity index (χ2n) is 6.98. The molecule has 6 heteroatoms. The summed E-state index contributed by atoms with van der Waals surface area (Å²) in [5.74, 6) is 0.521. The third-order valence-electron chi connectivity index (χ3n) is 5.00. The van der Waals surface area contributed by atoms with Crippen molar-refractivity contribution >= 4 is 17.6 Å². The molecule has 0 saturated carbocycles. The molecule has 1 heterocycles. The minimum atomic E-state index is -0.507. The fraction of sp³-hybridized carbons (Fsp3) is 0.364. The molecule has 3 rings (SSSR count). The fourth-order valence-electron chi connectivity index (χ4n) is 3.60. The van der Waals surface area contributed by atoms with Crippen LogP contribution in [-0.4, -0.2) is 37.0 Å². The number of methoxy groups -OCH3 is 1. The number of para-hydroxylation sites is 1. The van der Waals surface area contributed by atoms with Crippen molar-refractivity contribution in [3.8, 4) is 5.75 Å². The zero-order valence-electron chi connectivity index (χ0n) is 16.2. The van der Waals surface area contributed by atoms with Crippen molar-refractivity contribution in [3.63, 3.8) is 0 Å². The minimum Gasteiger partial charge on any atom is -0.497 e. The van der Waals surface area contributed by atoms with Gasteiger partial charge in [0.25, 0.3) is 0 Å². The Labute approximate surface area is 165 Å². The predicted octanol–water partition coefficient (Wildman–Crippen LogP) is 3.96. The number of anilines is 1. The molecule has 0 radical (unpaired) electrons. The number of nitrogens with zero attached hydrogens (tertiary/aromatic N) is 1. The van der Waals surface area contributed by atoms with Crippen LogP contribution in [0, 0.1) is 0 Å². The number of nitrogens with one attached hydrogen (secondary N) is 2. The van der Waals surface area contributed by atoms with Gasteiger partial charge in [0.2, 0.25) is 5.91 Å². The molecular formula is C22H27N3O3. The van der Waals surface area contributed by atoms with E-state index in [0.717, 1.165) is 38.0 Å². The predicted molar refractivity (Wildman–Crippen MR) is 109 cm³/mol. The zero-order valence-corrected chi connectivity index (χ0v) is 16.2. The van der Waals surface area contributed by atoms with Crippen LogP contribution in [0.4, 0.5) is 10.5 Å². The molecule has 0 aromatic heterocycles. The molecule has 0 bridgehead atoms. The van der Waals surface area contributed by atoms with Crippen molar-refractivity contribution in [3.05, 3.63) is 60.2 Å². The summed E-state index contributed by atoms with van der Waals surface area (Å²) in [5, 5.41) is 5.11. The van der Waals surface area contributed by atoms with Gasteiger partial charge in [-0.25, -0.2) is 4.79 Å². The summed E-state index contributed by atoms with van der Waals surface area (Å²) in [5.41, 5.74) is 1.82. The Bertz CT molecular complexity index is 777. The smallest absolute Gasteiger partial charge is 0.325 e. The largest absolute Gasteiger partial charge is 0.497 e. The molecule has 2 N–H and O–H groups in total. The van der Waals surface area contributed by atoms with Crippen LogP contribution in [0.3, 0.4) is 0 Å². The summed E-state index contributed by atoms with van der Waals surface area (Å²) >= 11 is 0. The number of urea groups is 1. The van der Waals surface area contributed by atoms with E-state index in [1.54, 1.807) is 19.2 Å². The molecule has 2 aromatic rings. The average Bonchev–Trinajstić information content (AvgIpc) is 2.94. The van der Waals surface area contributed by atoms with Gasteiger partial charge in [0, 0.05) is 11.7 Å². The van der Waals surface area contributed by atoms with Crippen LogP contribution in [0.5, 0.6) is 5.75 Å². The van der Waals surface area contributed by atoms with E-state index in [2.05, 4.69) is 27.7 Å². The van der Waals surface area contributed by atoms with E-state index in [1.807, 2.05) is 30.3 Å². The van der Waals surface area contributed by atoms with Gasteiger partial charge in [0.15, 0.2) is 0 Å². The first-order valence-electron chi connectivity index (χ1n) is 9.69. The number of ether oxygens (including phenoxy) is 1. The quantitative estimate of drug-likeness (QED) is 0.822. The van der Waals surface area contributed by atoms with Crippen LogP contribution in [0.15, 0.2) is 54.6 Å². The van der Waals surface area contributed by atoms with Gasteiger partial charge in [0.1, 0.15) is 5.75 Å². The maximum absolute atomic E-state index is 12.5. The Kier molecular flexibility index (Phi) is 7.03. The highest BCUT2D eigenvalue weighted by molar-refractivity contribution is 6.01. The van der Waals surface area contributed by atoms with Crippen molar-refractivity contribution in [1.82, 2.24) is 10.2 Å². The number of likely N-dealkylation sites (tertiary alicyclic amines) is 1. The van der Waals surface area contributed by atoms with Gasteiger partial charge < -0.3 is 10.1 Å². The van der Waals surface area contributed by atoms with Crippen LogP contribution in [-0.2, 0) is 4.79 Å². The molecule has 2 aromatic carbocycles. The van der Waals surface area contributed by atoms with Gasteiger partial charge in [-0.05, 0) is 49.2 Å². The van der Waals surface area contributed by atoms with Gasteiger partial charge in [-0.1, -0.05) is 43.2 Å². The van der Waals surface area contributed by atoms with E-state index in [0.29, 0.717) is 5.69 Å². The minimum absolute atomic E-state index is 0.163. The Morgan fingerprint density at radius 1 is 1.04 bits per heavy atom. The number of hydrogen-bond donors (Lipinski definition) is 2. The maximum Gasteiger partial charge on any atom is 0.325 e. The summed E-state index contributed by atoms with van der Waals surface area (Å²) < 4.78 is 5.24. The lowest BCUT2D eigenvalue weighted by molar-refractivity contribution is -0.121. The Balaban J connectivity index is 1.61. The highest BCUT2D eigenvalue weighted by Crippen LogP contribution is 2.30. The summed E-state index contributed by atoms with van der Waals surface area (Å²) in [4.78, 5) is 26.7. The number of rotatable bonds is 5. The van der Waals surface area contributed by atoms with Crippen LogP contribution < -0.4 is 15.4 Å². The number of carbonyl (C=O) groups excluding carboxylic acids is 2. The van der Waals surface area contributed by atoms with Gasteiger partial charge in [-0.2, -0.15) is 0 Å². The van der Waals surface area contributed by atoms with Crippen LogP contribution >= 0.6 is 0 Å². The average molecular weight is 381 g/mol. The fourth-order valence-corrected chi connectivity index (χ4v) is 3.60. The summed E-state index contributed by atoms with van der Waals surface area (Å²) in [6.07, 6.45) is 4.33. The first-order valence-corrected chi connectivity index (χ1v) is 9.69. The summed E-state index contributed by atoms with van der Waals surface area (Å²) in [7, 11) is 1.65. The van der Waals surface area contributed by atoms with E-state index in [-0.39, 0.29) is 18.5 Å². The van der Waals surface area contributed by atoms with Crippen molar-refractivity contribution in [2.45, 2.75) is 31.7 Å². The molecular weight excluding hydrogens is 354 g/mol. The number of hydrogen-bond acceptors (Lipinski definition) is 4. The lowest BCUT2D eigenvalue weighted by Crippen LogP contribution is -2.43. The van der Waals surface area contributed by atoms with E-state index in [9.17, 15) is 9.59 Å². The van der Waals surface area contributed by atoms with Crippen LogP contribution in [0.25, 0.3) is 0 Å². The van der Waals surface area contributed by atoms with E-state index < -0.39 is 6.03 Å². The molecule has 3 amide bonds. The number of imide groups is 1. The number of carbonyl (C=O) groups is 2. The van der Waals surface area contributed by atoms with Crippen LogP contribution in [0.2, 0.25) is 0 Å². The molecule has 1 aliphatic rings. The molecule has 0 aliphatic carbocycles. The van der Waals surface area contributed by atoms with E-state index >= 15 is 0 Å². The van der Waals surface area contributed by atoms with Crippen molar-refractivity contribution in [2.75, 3.05) is 25.5 Å². The monoisotopic (exact) mass is 381 g/mol. The van der Waals surface area contributed by atoms with Crippen LogP contribution in [0.1, 0.15) is 37.3 Å². The van der Waals surface area contributed by atoms with Crippen molar-refractivity contribution in [1.29, 1.82) is 0 Å². The number of benzene rings is 2. The maximum atomic E-state index is 12.5. The molecule has 148 valence electrons. The third kappa shape index (κ3) is 5.57. The molecule has 1 saturated heterocycles. The lowest BCUT2D eigenvalue weighted by atomic mass is 10.0. The summed E-state index contributed by atoms with van der Waals surface area (Å²) in [6, 6.07) is 16.7. The molecule has 1 atom stereocenters. The molecule has 1 fully saturated rings. The zero-order chi connectivity index (χ0) is 19.8. The molecule has 0 unspecified atom stereocenters. The normalized spacial score (nSPS) is 17.4. The molecule has 6 nitrogen and oxygen atoms in total. The van der Waals surface area contributed by atoms with Gasteiger partial charge in [0.05, 0.1) is 13.7 Å². The first-order chi connectivity index (χ1) is 13.7. The third-order valence-corrected chi connectivity index (χ3v) is 5.00. The van der Waals surface area contributed by atoms with E-state index in [1.165, 1.54) is 5.56 Å². The Morgan fingerprint density at radius 3 is 2.50 bits per heavy atom. The highest BCUT2D eigenvalue weighted by atomic mass is 16.5. The number of amides is 3.